The first-order valence-electron chi connectivity index (χ1n) is 9.38. The molecule has 150 valence electrons. The number of carbonyl (C=O) groups is 1. The van der Waals surface area contributed by atoms with E-state index < -0.39 is 18.1 Å². The van der Waals surface area contributed by atoms with E-state index in [-0.39, 0.29) is 17.5 Å². The van der Waals surface area contributed by atoms with Gasteiger partial charge in [-0.25, -0.2) is 4.98 Å². The third-order valence-corrected chi connectivity index (χ3v) is 5.92. The molecule has 1 saturated carbocycles. The van der Waals surface area contributed by atoms with Gasteiger partial charge in [-0.15, -0.1) is 0 Å². The maximum absolute atomic E-state index is 13.0. The van der Waals surface area contributed by atoms with Crippen molar-refractivity contribution in [3.63, 3.8) is 0 Å². The summed E-state index contributed by atoms with van der Waals surface area (Å²) in [6, 6.07) is 5.03. The van der Waals surface area contributed by atoms with Crippen LogP contribution >= 0.6 is 0 Å². The highest BCUT2D eigenvalue weighted by molar-refractivity contribution is 5.81. The zero-order valence-electron chi connectivity index (χ0n) is 15.6. The predicted molar refractivity (Wildman–Crippen MR) is 97.5 cm³/mol. The Hall–Kier alpha value is -2.58. The molecule has 1 aliphatic carbocycles. The molecule has 1 aliphatic rings. The lowest BCUT2D eigenvalue weighted by Crippen LogP contribution is -2.45. The van der Waals surface area contributed by atoms with Crippen LogP contribution in [0.5, 0.6) is 0 Å². The molecule has 0 bridgehead atoms. The van der Waals surface area contributed by atoms with Crippen molar-refractivity contribution in [3.8, 4) is 0 Å². The van der Waals surface area contributed by atoms with Crippen LogP contribution in [0, 0.1) is 12.8 Å². The molecule has 0 aromatic carbocycles. The quantitative estimate of drug-likeness (QED) is 0.742. The molecule has 1 atom stereocenters. The number of aromatic nitrogens is 3. The number of hydrogen-bond donors (Lipinski definition) is 1. The zero-order valence-corrected chi connectivity index (χ0v) is 15.6. The molecule has 3 aromatic rings. The van der Waals surface area contributed by atoms with Gasteiger partial charge in [-0.3, -0.25) is 18.6 Å². The van der Waals surface area contributed by atoms with Crippen molar-refractivity contribution in [1.29, 1.82) is 0 Å². The number of halogens is 3. The number of rotatable bonds is 3. The first-order chi connectivity index (χ1) is 13.2. The Kier molecular flexibility index (Phi) is 4.35. The minimum atomic E-state index is -4.86. The maximum atomic E-state index is 13.0. The molecular weight excluding hydrogens is 373 g/mol. The van der Waals surface area contributed by atoms with E-state index in [1.165, 1.54) is 0 Å². The summed E-state index contributed by atoms with van der Waals surface area (Å²) in [5, 5.41) is 2.07. The van der Waals surface area contributed by atoms with Crippen LogP contribution in [0.4, 0.5) is 13.2 Å². The van der Waals surface area contributed by atoms with E-state index in [1.807, 2.05) is 36.4 Å². The Bertz CT molecular complexity index is 1080. The minimum Gasteiger partial charge on any atom is -0.346 e. The van der Waals surface area contributed by atoms with Gasteiger partial charge < -0.3 is 5.32 Å². The van der Waals surface area contributed by atoms with Crippen LogP contribution < -0.4 is 10.9 Å². The first kappa shape index (κ1) is 18.8. The average Bonchev–Trinajstić information content (AvgIpc) is 3.13. The standard InChI is InChI=1S/C19H21F3N4O2/c1-10-16-17(27)25(15-5-3-4-14(23-10)26(15)16)11(2)12-6-8-13(9-7-12)24-18(28)19(20,21)22/h3-5,11-13H,6-9H2,1-2H3,(H,24,28). The van der Waals surface area contributed by atoms with Gasteiger partial charge in [0.25, 0.3) is 5.56 Å². The molecule has 0 saturated heterocycles. The summed E-state index contributed by atoms with van der Waals surface area (Å²) in [4.78, 5) is 28.6. The summed E-state index contributed by atoms with van der Waals surface area (Å²) in [5.41, 5.74) is 2.67. The largest absolute Gasteiger partial charge is 0.471 e. The van der Waals surface area contributed by atoms with E-state index in [4.69, 9.17) is 0 Å². The van der Waals surface area contributed by atoms with Gasteiger partial charge in [-0.05, 0) is 57.6 Å². The SMILES string of the molecule is Cc1nc2cccc3n(C(C)C4CCC(NC(=O)C(F)(F)F)CC4)c(=O)c1n23. The van der Waals surface area contributed by atoms with Gasteiger partial charge in [-0.2, -0.15) is 13.2 Å². The molecule has 0 aliphatic heterocycles. The third kappa shape index (κ3) is 2.93. The number of nitrogens with one attached hydrogen (secondary N) is 1. The molecule has 0 radical (unpaired) electrons. The van der Waals surface area contributed by atoms with Crippen molar-refractivity contribution < 1.29 is 18.0 Å². The van der Waals surface area contributed by atoms with Crippen LogP contribution in [0.3, 0.4) is 0 Å². The zero-order chi connectivity index (χ0) is 20.2. The highest BCUT2D eigenvalue weighted by atomic mass is 19.4. The molecule has 9 heteroatoms. The highest BCUT2D eigenvalue weighted by Gasteiger charge is 2.40. The minimum absolute atomic E-state index is 0.0915. The summed E-state index contributed by atoms with van der Waals surface area (Å²) < 4.78 is 40.9. The van der Waals surface area contributed by atoms with E-state index >= 15 is 0 Å². The van der Waals surface area contributed by atoms with E-state index in [1.54, 1.807) is 4.57 Å². The lowest BCUT2D eigenvalue weighted by atomic mass is 9.82. The van der Waals surface area contributed by atoms with Gasteiger partial charge in [0.1, 0.15) is 16.8 Å². The van der Waals surface area contributed by atoms with Gasteiger partial charge >= 0.3 is 12.1 Å². The van der Waals surface area contributed by atoms with Gasteiger partial charge in [0.15, 0.2) is 0 Å². The Morgan fingerprint density at radius 1 is 1.25 bits per heavy atom. The molecule has 3 heterocycles. The molecule has 1 amide bonds. The summed E-state index contributed by atoms with van der Waals surface area (Å²) in [7, 11) is 0. The Balaban J connectivity index is 1.55. The highest BCUT2D eigenvalue weighted by Crippen LogP contribution is 2.34. The summed E-state index contributed by atoms with van der Waals surface area (Å²) >= 11 is 0. The number of nitrogens with zero attached hydrogens (tertiary/aromatic N) is 3. The third-order valence-electron chi connectivity index (χ3n) is 5.92. The fourth-order valence-electron chi connectivity index (χ4n) is 4.46. The van der Waals surface area contributed by atoms with Crippen LogP contribution in [0.15, 0.2) is 23.0 Å². The molecule has 6 nitrogen and oxygen atoms in total. The molecule has 1 unspecified atom stereocenters. The number of pyridine rings is 1. The molecule has 28 heavy (non-hydrogen) atoms. The van der Waals surface area contributed by atoms with E-state index in [2.05, 4.69) is 10.3 Å². The Morgan fingerprint density at radius 2 is 1.93 bits per heavy atom. The van der Waals surface area contributed by atoms with E-state index in [0.717, 1.165) is 11.3 Å². The van der Waals surface area contributed by atoms with Crippen molar-refractivity contribution in [1.82, 2.24) is 19.3 Å². The van der Waals surface area contributed by atoms with Crippen LogP contribution in [0.2, 0.25) is 0 Å². The molecule has 4 rings (SSSR count). The van der Waals surface area contributed by atoms with E-state index in [0.29, 0.717) is 36.9 Å². The predicted octanol–water partition coefficient (Wildman–Crippen LogP) is 3.19. The molecule has 0 spiro atoms. The monoisotopic (exact) mass is 394 g/mol. The van der Waals surface area contributed by atoms with Crippen LogP contribution in [0.25, 0.3) is 16.8 Å². The van der Waals surface area contributed by atoms with Gasteiger partial charge in [-0.1, -0.05) is 6.07 Å². The smallest absolute Gasteiger partial charge is 0.346 e. The van der Waals surface area contributed by atoms with Crippen molar-refractivity contribution in [2.45, 2.75) is 57.8 Å². The first-order valence-corrected chi connectivity index (χ1v) is 9.38. The number of amides is 1. The Labute approximate surface area is 158 Å². The number of alkyl halides is 3. The summed E-state index contributed by atoms with van der Waals surface area (Å²) in [6.45, 7) is 3.79. The van der Waals surface area contributed by atoms with Crippen molar-refractivity contribution >= 4 is 22.7 Å². The molecule has 1 N–H and O–H groups in total. The average molecular weight is 394 g/mol. The number of imidazole rings is 2. The second-order valence-electron chi connectivity index (χ2n) is 7.62. The summed E-state index contributed by atoms with van der Waals surface area (Å²) in [5.74, 6) is -1.73. The van der Waals surface area contributed by atoms with Crippen molar-refractivity contribution in [2.24, 2.45) is 5.92 Å². The molecular formula is C19H21F3N4O2. The van der Waals surface area contributed by atoms with Crippen molar-refractivity contribution in [2.75, 3.05) is 0 Å². The maximum Gasteiger partial charge on any atom is 0.471 e. The van der Waals surface area contributed by atoms with Crippen molar-refractivity contribution in [3.05, 3.63) is 34.2 Å². The second kappa shape index (κ2) is 6.49. The number of aryl methyl sites for hydroxylation is 1. The fourth-order valence-corrected chi connectivity index (χ4v) is 4.46. The van der Waals surface area contributed by atoms with Crippen LogP contribution in [0.1, 0.15) is 44.3 Å². The fraction of sp³-hybridized carbons (Fsp3) is 0.526. The normalized spacial score (nSPS) is 22.0. The van der Waals surface area contributed by atoms with Crippen LogP contribution in [-0.2, 0) is 4.79 Å². The second-order valence-corrected chi connectivity index (χ2v) is 7.62. The van der Waals surface area contributed by atoms with Gasteiger partial charge in [0.05, 0.1) is 5.69 Å². The topological polar surface area (TPSA) is 68.4 Å². The van der Waals surface area contributed by atoms with Gasteiger partial charge in [0.2, 0.25) is 0 Å². The summed E-state index contributed by atoms with van der Waals surface area (Å²) in [6.07, 6.45) is -2.62. The van der Waals surface area contributed by atoms with Crippen LogP contribution in [-0.4, -0.2) is 32.1 Å². The lowest BCUT2D eigenvalue weighted by Gasteiger charge is -2.33. The van der Waals surface area contributed by atoms with E-state index in [9.17, 15) is 22.8 Å². The Morgan fingerprint density at radius 3 is 2.57 bits per heavy atom. The van der Waals surface area contributed by atoms with Gasteiger partial charge in [0, 0.05) is 12.1 Å². The molecule has 3 aromatic heterocycles. The number of hydrogen-bond acceptors (Lipinski definition) is 3. The number of carbonyl (C=O) groups excluding carboxylic acids is 1. The molecule has 1 fully saturated rings. The lowest BCUT2D eigenvalue weighted by molar-refractivity contribution is -0.174.